The van der Waals surface area contributed by atoms with Crippen molar-refractivity contribution >= 4 is 35.6 Å². The molecule has 2 aromatic heterocycles. The number of nitrogens with one attached hydrogen (secondary N) is 2. The van der Waals surface area contributed by atoms with Crippen molar-refractivity contribution in [3.05, 3.63) is 60.0 Å². The van der Waals surface area contributed by atoms with Gasteiger partial charge in [0.1, 0.15) is 12.3 Å². The number of halogens is 1. The molecule has 3 aromatic rings. The third-order valence-corrected chi connectivity index (χ3v) is 4.32. The Morgan fingerprint density at radius 1 is 1.10 bits per heavy atom. The lowest BCUT2D eigenvalue weighted by atomic mass is 10.1. The molecule has 0 aliphatic heterocycles. The van der Waals surface area contributed by atoms with Crippen LogP contribution in [0.4, 0.5) is 0 Å². The molecule has 162 valence electrons. The molecule has 0 aliphatic carbocycles. The van der Waals surface area contributed by atoms with E-state index in [1.807, 2.05) is 40.9 Å². The summed E-state index contributed by atoms with van der Waals surface area (Å²) in [6, 6.07) is 14.1. The van der Waals surface area contributed by atoms with Crippen LogP contribution in [0, 0.1) is 5.92 Å². The van der Waals surface area contributed by atoms with Gasteiger partial charge in [0.25, 0.3) is 0 Å². The first-order chi connectivity index (χ1) is 14.2. The zero-order valence-corrected chi connectivity index (χ0v) is 20.2. The summed E-state index contributed by atoms with van der Waals surface area (Å²) in [7, 11) is 0. The molecule has 7 nitrogen and oxygen atoms in total. The van der Waals surface area contributed by atoms with Crippen molar-refractivity contribution in [2.45, 2.75) is 33.7 Å². The normalized spacial score (nSPS) is 11.4. The molecule has 0 atom stereocenters. The summed E-state index contributed by atoms with van der Waals surface area (Å²) in [4.78, 5) is 4.64. The maximum absolute atomic E-state index is 5.74. The quantitative estimate of drug-likeness (QED) is 0.255. The van der Waals surface area contributed by atoms with Crippen molar-refractivity contribution < 1.29 is 4.74 Å². The maximum atomic E-state index is 5.74. The molecule has 30 heavy (non-hydrogen) atoms. The molecule has 3 rings (SSSR count). The van der Waals surface area contributed by atoms with E-state index in [4.69, 9.17) is 4.74 Å². The minimum atomic E-state index is 0. The van der Waals surface area contributed by atoms with E-state index < -0.39 is 0 Å². The van der Waals surface area contributed by atoms with Gasteiger partial charge in [-0.1, -0.05) is 32.0 Å². The summed E-state index contributed by atoms with van der Waals surface area (Å²) in [5.74, 6) is 3.04. The zero-order chi connectivity index (χ0) is 20.5. The van der Waals surface area contributed by atoms with Gasteiger partial charge in [-0.25, -0.2) is 4.99 Å². The molecular formula is C22H31IN6O. The monoisotopic (exact) mass is 522 g/mol. The maximum Gasteiger partial charge on any atom is 0.191 e. The molecule has 8 heteroatoms. The fraction of sp³-hybridized carbons (Fsp3) is 0.409. The molecule has 2 N–H and O–H groups in total. The topological polar surface area (TPSA) is 75.8 Å². The molecule has 2 heterocycles. The predicted octanol–water partition coefficient (Wildman–Crippen LogP) is 3.68. The first kappa shape index (κ1) is 23.9. The third-order valence-electron chi connectivity index (χ3n) is 4.32. The molecular weight excluding hydrogens is 491 g/mol. The lowest BCUT2D eigenvalue weighted by Gasteiger charge is -2.12. The van der Waals surface area contributed by atoms with Crippen LogP contribution in [-0.4, -0.2) is 40.3 Å². The average Bonchev–Trinajstić information content (AvgIpc) is 3.14. The molecule has 0 amide bonds. The van der Waals surface area contributed by atoms with Crippen LogP contribution >= 0.6 is 24.0 Å². The van der Waals surface area contributed by atoms with Gasteiger partial charge in [0.2, 0.25) is 0 Å². The minimum Gasteiger partial charge on any atom is -0.493 e. The number of ether oxygens (including phenoxy) is 1. The van der Waals surface area contributed by atoms with Gasteiger partial charge in [0.05, 0.1) is 6.61 Å². The van der Waals surface area contributed by atoms with E-state index in [0.29, 0.717) is 12.5 Å². The Labute approximate surface area is 195 Å². The smallest absolute Gasteiger partial charge is 0.191 e. The van der Waals surface area contributed by atoms with Crippen LogP contribution in [0.1, 0.15) is 32.2 Å². The molecule has 0 saturated carbocycles. The number of fused-ring (bicyclic) bond motifs is 1. The Bertz CT molecular complexity index is 923. The van der Waals surface area contributed by atoms with Crippen LogP contribution in [0.5, 0.6) is 5.75 Å². The summed E-state index contributed by atoms with van der Waals surface area (Å²) < 4.78 is 7.69. The highest BCUT2D eigenvalue weighted by atomic mass is 127. The SMILES string of the molecule is CCNC(=NCc1nnc2ccccn12)NCCc1ccc(OCC(C)C)cc1.I. The Balaban J connectivity index is 0.00000320. The van der Waals surface area contributed by atoms with Gasteiger partial charge in [-0.05, 0) is 49.1 Å². The number of nitrogens with zero attached hydrogens (tertiary/aromatic N) is 4. The second-order valence-corrected chi connectivity index (χ2v) is 7.27. The molecule has 0 spiro atoms. The Morgan fingerprint density at radius 3 is 2.63 bits per heavy atom. The molecule has 0 radical (unpaired) electrons. The summed E-state index contributed by atoms with van der Waals surface area (Å²) in [5, 5.41) is 15.1. The standard InChI is InChI=1S/C22H30N6O.HI/c1-4-23-22(25-15-21-27-26-20-7-5-6-14-28(20)21)24-13-12-18-8-10-19(11-9-18)29-16-17(2)3;/h5-11,14,17H,4,12-13,15-16H2,1-3H3,(H2,23,24,25);1H. The molecule has 0 unspecified atom stereocenters. The lowest BCUT2D eigenvalue weighted by molar-refractivity contribution is 0.271. The second kappa shape index (κ2) is 12.4. The van der Waals surface area contributed by atoms with Crippen molar-refractivity contribution in [1.82, 2.24) is 25.2 Å². The average molecular weight is 522 g/mol. The number of aromatic nitrogens is 3. The van der Waals surface area contributed by atoms with E-state index in [-0.39, 0.29) is 24.0 Å². The summed E-state index contributed by atoms with van der Waals surface area (Å²) >= 11 is 0. The van der Waals surface area contributed by atoms with Gasteiger partial charge >= 0.3 is 0 Å². The highest BCUT2D eigenvalue weighted by molar-refractivity contribution is 14.0. The lowest BCUT2D eigenvalue weighted by Crippen LogP contribution is -2.38. The van der Waals surface area contributed by atoms with E-state index in [9.17, 15) is 0 Å². The van der Waals surface area contributed by atoms with E-state index in [1.165, 1.54) is 5.56 Å². The summed E-state index contributed by atoms with van der Waals surface area (Å²) in [6.45, 7) is 9.14. The predicted molar refractivity (Wildman–Crippen MR) is 132 cm³/mol. The Hall–Kier alpha value is -2.36. The van der Waals surface area contributed by atoms with E-state index in [1.54, 1.807) is 0 Å². The largest absolute Gasteiger partial charge is 0.493 e. The highest BCUT2D eigenvalue weighted by Gasteiger charge is 2.05. The van der Waals surface area contributed by atoms with Crippen LogP contribution in [0.15, 0.2) is 53.7 Å². The van der Waals surface area contributed by atoms with Crippen molar-refractivity contribution in [3.63, 3.8) is 0 Å². The molecule has 0 aliphatic rings. The number of pyridine rings is 1. The van der Waals surface area contributed by atoms with Gasteiger partial charge in [-0.15, -0.1) is 34.2 Å². The van der Waals surface area contributed by atoms with Gasteiger partial charge < -0.3 is 15.4 Å². The number of hydrogen-bond acceptors (Lipinski definition) is 4. The van der Waals surface area contributed by atoms with Crippen molar-refractivity contribution in [3.8, 4) is 5.75 Å². The summed E-state index contributed by atoms with van der Waals surface area (Å²) in [6.07, 6.45) is 2.86. The fourth-order valence-electron chi connectivity index (χ4n) is 2.83. The van der Waals surface area contributed by atoms with Crippen molar-refractivity contribution in [2.75, 3.05) is 19.7 Å². The third kappa shape index (κ3) is 7.16. The van der Waals surface area contributed by atoms with Crippen molar-refractivity contribution in [1.29, 1.82) is 0 Å². The Kier molecular flexibility index (Phi) is 9.85. The van der Waals surface area contributed by atoms with Crippen LogP contribution < -0.4 is 15.4 Å². The first-order valence-electron chi connectivity index (χ1n) is 10.2. The molecule has 0 bridgehead atoms. The number of guanidine groups is 1. The second-order valence-electron chi connectivity index (χ2n) is 7.27. The van der Waals surface area contributed by atoms with E-state index in [2.05, 4.69) is 58.7 Å². The van der Waals surface area contributed by atoms with Crippen LogP contribution in [0.2, 0.25) is 0 Å². The molecule has 0 fully saturated rings. The van der Waals surface area contributed by atoms with Crippen LogP contribution in [-0.2, 0) is 13.0 Å². The van der Waals surface area contributed by atoms with Gasteiger partial charge in [-0.3, -0.25) is 4.40 Å². The Morgan fingerprint density at radius 2 is 1.90 bits per heavy atom. The fourth-order valence-corrected chi connectivity index (χ4v) is 2.83. The highest BCUT2D eigenvalue weighted by Crippen LogP contribution is 2.13. The minimum absolute atomic E-state index is 0. The molecule has 1 aromatic carbocycles. The van der Waals surface area contributed by atoms with Gasteiger partial charge in [0, 0.05) is 19.3 Å². The number of aliphatic imine (C=N–C) groups is 1. The van der Waals surface area contributed by atoms with Crippen LogP contribution in [0.25, 0.3) is 5.65 Å². The number of rotatable bonds is 9. The molecule has 0 saturated heterocycles. The van der Waals surface area contributed by atoms with Gasteiger partial charge in [0.15, 0.2) is 17.4 Å². The van der Waals surface area contributed by atoms with E-state index in [0.717, 1.165) is 49.3 Å². The number of hydrogen-bond donors (Lipinski definition) is 2. The summed E-state index contributed by atoms with van der Waals surface area (Å²) in [5.41, 5.74) is 2.09. The van der Waals surface area contributed by atoms with Crippen molar-refractivity contribution in [2.24, 2.45) is 10.9 Å². The van der Waals surface area contributed by atoms with Crippen LogP contribution in [0.3, 0.4) is 0 Å². The zero-order valence-electron chi connectivity index (χ0n) is 17.8. The van der Waals surface area contributed by atoms with E-state index >= 15 is 0 Å². The van der Waals surface area contributed by atoms with Gasteiger partial charge in [-0.2, -0.15) is 0 Å². The number of benzene rings is 1. The first-order valence-corrected chi connectivity index (χ1v) is 10.2.